The monoisotopic (exact) mass is 186 g/mol. The molecule has 0 bridgehead atoms. The molecule has 0 heterocycles. The smallest absolute Gasteiger partial charge is 0.337 e. The summed E-state index contributed by atoms with van der Waals surface area (Å²) in [7, 11) is 2.91. The molecule has 0 aliphatic rings. The second-order valence-electron chi connectivity index (χ2n) is 2.99. The van der Waals surface area contributed by atoms with Crippen LogP contribution in [0.5, 0.6) is 0 Å². The van der Waals surface area contributed by atoms with Crippen LogP contribution in [0.3, 0.4) is 0 Å². The van der Waals surface area contributed by atoms with Crippen molar-refractivity contribution < 1.29 is 14.3 Å². The maximum atomic E-state index is 11.2. The molecule has 3 nitrogen and oxygen atoms in total. The first kappa shape index (κ1) is 12.0. The molecule has 0 aromatic heterocycles. The fourth-order valence-corrected chi connectivity index (χ4v) is 1.20. The van der Waals surface area contributed by atoms with Gasteiger partial charge in [-0.05, 0) is 12.3 Å². The minimum atomic E-state index is -0.303. The molecule has 3 heteroatoms. The lowest BCUT2D eigenvalue weighted by molar-refractivity contribution is -0.136. The highest BCUT2D eigenvalue weighted by Gasteiger charge is 2.17. The SMILES string of the molecule is CCCC(C)C(=COC)C(=O)OC. The lowest BCUT2D eigenvalue weighted by Gasteiger charge is -2.12. The Balaban J connectivity index is 4.41. The van der Waals surface area contributed by atoms with E-state index in [2.05, 4.69) is 11.7 Å². The van der Waals surface area contributed by atoms with Crippen molar-refractivity contribution in [1.82, 2.24) is 0 Å². The van der Waals surface area contributed by atoms with Gasteiger partial charge in [0.15, 0.2) is 0 Å². The Labute approximate surface area is 79.7 Å². The van der Waals surface area contributed by atoms with Gasteiger partial charge < -0.3 is 9.47 Å². The number of methoxy groups -OCH3 is 2. The van der Waals surface area contributed by atoms with Crippen LogP contribution in [0.1, 0.15) is 26.7 Å². The summed E-state index contributed by atoms with van der Waals surface area (Å²) < 4.78 is 9.48. The second kappa shape index (κ2) is 6.52. The van der Waals surface area contributed by atoms with Gasteiger partial charge in [0.1, 0.15) is 0 Å². The summed E-state index contributed by atoms with van der Waals surface area (Å²) in [6.07, 6.45) is 3.47. The summed E-state index contributed by atoms with van der Waals surface area (Å²) in [4.78, 5) is 11.2. The van der Waals surface area contributed by atoms with Gasteiger partial charge in [0.05, 0.1) is 26.1 Å². The number of hydrogen-bond acceptors (Lipinski definition) is 3. The van der Waals surface area contributed by atoms with Crippen molar-refractivity contribution >= 4 is 5.97 Å². The summed E-state index contributed by atoms with van der Waals surface area (Å²) in [5.74, 6) is -0.111. The summed E-state index contributed by atoms with van der Waals surface area (Å²) >= 11 is 0. The van der Waals surface area contributed by atoms with E-state index in [1.165, 1.54) is 20.5 Å². The van der Waals surface area contributed by atoms with Crippen LogP contribution in [0.4, 0.5) is 0 Å². The summed E-state index contributed by atoms with van der Waals surface area (Å²) in [5, 5.41) is 0. The summed E-state index contributed by atoms with van der Waals surface area (Å²) in [6, 6.07) is 0. The van der Waals surface area contributed by atoms with Crippen LogP contribution in [0, 0.1) is 5.92 Å². The topological polar surface area (TPSA) is 35.5 Å². The first-order chi connectivity index (χ1) is 6.17. The van der Waals surface area contributed by atoms with E-state index in [-0.39, 0.29) is 11.9 Å². The molecular weight excluding hydrogens is 168 g/mol. The third-order valence-corrected chi connectivity index (χ3v) is 1.92. The van der Waals surface area contributed by atoms with E-state index in [9.17, 15) is 4.79 Å². The van der Waals surface area contributed by atoms with E-state index < -0.39 is 0 Å². The van der Waals surface area contributed by atoms with Crippen molar-refractivity contribution in [1.29, 1.82) is 0 Å². The molecule has 13 heavy (non-hydrogen) atoms. The van der Waals surface area contributed by atoms with Crippen LogP contribution in [-0.2, 0) is 14.3 Å². The predicted octanol–water partition coefficient (Wildman–Crippen LogP) is 2.13. The van der Waals surface area contributed by atoms with Gasteiger partial charge in [0.2, 0.25) is 0 Å². The standard InChI is InChI=1S/C10H18O3/c1-5-6-8(2)9(7-12-3)10(11)13-4/h7-8H,5-6H2,1-4H3. The Morgan fingerprint density at radius 2 is 2.08 bits per heavy atom. The maximum Gasteiger partial charge on any atom is 0.337 e. The van der Waals surface area contributed by atoms with Gasteiger partial charge in [0.25, 0.3) is 0 Å². The van der Waals surface area contributed by atoms with Gasteiger partial charge >= 0.3 is 5.97 Å². The van der Waals surface area contributed by atoms with Crippen LogP contribution in [0.2, 0.25) is 0 Å². The van der Waals surface area contributed by atoms with E-state index in [4.69, 9.17) is 4.74 Å². The van der Waals surface area contributed by atoms with E-state index in [1.807, 2.05) is 6.92 Å². The van der Waals surface area contributed by atoms with E-state index in [1.54, 1.807) is 0 Å². The number of ether oxygens (including phenoxy) is 2. The number of esters is 1. The van der Waals surface area contributed by atoms with Crippen molar-refractivity contribution in [2.24, 2.45) is 5.92 Å². The maximum absolute atomic E-state index is 11.2. The number of rotatable bonds is 5. The van der Waals surface area contributed by atoms with Crippen LogP contribution >= 0.6 is 0 Å². The second-order valence-corrected chi connectivity index (χ2v) is 2.99. The molecule has 0 aromatic rings. The number of carbonyl (C=O) groups excluding carboxylic acids is 1. The van der Waals surface area contributed by atoms with Crippen molar-refractivity contribution in [2.75, 3.05) is 14.2 Å². The zero-order chi connectivity index (χ0) is 10.3. The first-order valence-electron chi connectivity index (χ1n) is 4.48. The minimum Gasteiger partial charge on any atom is -0.504 e. The Hall–Kier alpha value is -0.990. The van der Waals surface area contributed by atoms with Crippen LogP contribution in [-0.4, -0.2) is 20.2 Å². The first-order valence-corrected chi connectivity index (χ1v) is 4.48. The molecule has 0 aliphatic carbocycles. The molecule has 0 aromatic carbocycles. The van der Waals surface area contributed by atoms with E-state index in [0.717, 1.165) is 12.8 Å². The Morgan fingerprint density at radius 3 is 2.46 bits per heavy atom. The summed E-state index contributed by atoms with van der Waals surface area (Å²) in [5.41, 5.74) is 0.604. The quantitative estimate of drug-likeness (QED) is 0.375. The highest BCUT2D eigenvalue weighted by atomic mass is 16.5. The number of hydrogen-bond donors (Lipinski definition) is 0. The molecule has 0 N–H and O–H groups in total. The molecule has 0 rings (SSSR count). The molecule has 1 unspecified atom stereocenters. The molecule has 0 saturated carbocycles. The summed E-state index contributed by atoms with van der Waals surface area (Å²) in [6.45, 7) is 4.07. The highest BCUT2D eigenvalue weighted by Crippen LogP contribution is 2.17. The van der Waals surface area contributed by atoms with Crippen molar-refractivity contribution in [3.8, 4) is 0 Å². The molecule has 0 saturated heterocycles. The molecule has 0 amide bonds. The normalized spacial score (nSPS) is 13.7. The fraction of sp³-hybridized carbons (Fsp3) is 0.700. The average molecular weight is 186 g/mol. The fourth-order valence-electron chi connectivity index (χ4n) is 1.20. The molecule has 0 radical (unpaired) electrons. The highest BCUT2D eigenvalue weighted by molar-refractivity contribution is 5.88. The van der Waals surface area contributed by atoms with Crippen molar-refractivity contribution in [3.05, 3.63) is 11.8 Å². The lowest BCUT2D eigenvalue weighted by atomic mass is 9.97. The van der Waals surface area contributed by atoms with Crippen molar-refractivity contribution in [2.45, 2.75) is 26.7 Å². The largest absolute Gasteiger partial charge is 0.504 e. The zero-order valence-corrected chi connectivity index (χ0v) is 8.79. The van der Waals surface area contributed by atoms with Gasteiger partial charge in [0, 0.05) is 0 Å². The Bertz CT molecular complexity index is 185. The minimum absolute atomic E-state index is 0.192. The van der Waals surface area contributed by atoms with E-state index in [0.29, 0.717) is 5.57 Å². The molecular formula is C10H18O3. The lowest BCUT2D eigenvalue weighted by Crippen LogP contribution is -2.12. The zero-order valence-electron chi connectivity index (χ0n) is 8.79. The molecule has 76 valence electrons. The molecule has 0 fully saturated rings. The van der Waals surface area contributed by atoms with Gasteiger partial charge in [-0.15, -0.1) is 0 Å². The Morgan fingerprint density at radius 1 is 1.46 bits per heavy atom. The van der Waals surface area contributed by atoms with Gasteiger partial charge in [-0.2, -0.15) is 0 Å². The van der Waals surface area contributed by atoms with Gasteiger partial charge in [-0.3, -0.25) is 0 Å². The Kier molecular flexibility index (Phi) is 6.02. The average Bonchev–Trinajstić information content (AvgIpc) is 2.13. The van der Waals surface area contributed by atoms with E-state index >= 15 is 0 Å². The van der Waals surface area contributed by atoms with Crippen LogP contribution in [0.25, 0.3) is 0 Å². The van der Waals surface area contributed by atoms with Gasteiger partial charge in [-0.1, -0.05) is 20.3 Å². The van der Waals surface area contributed by atoms with Crippen LogP contribution in [0.15, 0.2) is 11.8 Å². The van der Waals surface area contributed by atoms with Crippen LogP contribution < -0.4 is 0 Å². The molecule has 1 atom stereocenters. The third kappa shape index (κ3) is 3.97. The number of carbonyl (C=O) groups is 1. The molecule has 0 aliphatic heterocycles. The molecule has 0 spiro atoms. The van der Waals surface area contributed by atoms with Crippen molar-refractivity contribution in [3.63, 3.8) is 0 Å². The third-order valence-electron chi connectivity index (χ3n) is 1.92. The predicted molar refractivity (Wildman–Crippen MR) is 51.2 cm³/mol. The van der Waals surface area contributed by atoms with Gasteiger partial charge in [-0.25, -0.2) is 4.79 Å².